The summed E-state index contributed by atoms with van der Waals surface area (Å²) < 4.78 is 0. The van der Waals surface area contributed by atoms with Crippen molar-refractivity contribution in [3.63, 3.8) is 0 Å². The maximum Gasteiger partial charge on any atom is 0.203 e. The van der Waals surface area contributed by atoms with Gasteiger partial charge in [-0.1, -0.05) is 11.3 Å². The molecular weight excluding hydrogens is 208 g/mol. The second-order valence-corrected chi connectivity index (χ2v) is 4.06. The summed E-state index contributed by atoms with van der Waals surface area (Å²) in [6.45, 7) is 2.99. The molecule has 5 heteroatoms. The summed E-state index contributed by atoms with van der Waals surface area (Å²) in [5.41, 5.74) is 7.68. The third-order valence-electron chi connectivity index (χ3n) is 1.95. The van der Waals surface area contributed by atoms with Crippen LogP contribution in [0.1, 0.15) is 6.92 Å². The Hall–Kier alpha value is -1.62. The summed E-state index contributed by atoms with van der Waals surface area (Å²) in [4.78, 5) is 0. The normalized spacial score (nSPS) is 10.2. The van der Waals surface area contributed by atoms with E-state index in [1.165, 1.54) is 11.3 Å². The van der Waals surface area contributed by atoms with Crippen LogP contribution in [0.5, 0.6) is 0 Å². The Kier molecular flexibility index (Phi) is 2.82. The van der Waals surface area contributed by atoms with Crippen LogP contribution >= 0.6 is 11.3 Å². The SMILES string of the molecule is CCNc1ccc(-c2nnc(N)s2)cc1. The number of nitrogen functional groups attached to an aromatic ring is 1. The molecule has 1 heterocycles. The van der Waals surface area contributed by atoms with E-state index in [1.54, 1.807) is 0 Å². The smallest absolute Gasteiger partial charge is 0.203 e. The van der Waals surface area contributed by atoms with Crippen LogP contribution < -0.4 is 11.1 Å². The molecule has 1 aromatic carbocycles. The summed E-state index contributed by atoms with van der Waals surface area (Å²) in [5.74, 6) is 0. The van der Waals surface area contributed by atoms with Gasteiger partial charge in [0, 0.05) is 17.8 Å². The third kappa shape index (κ3) is 2.24. The molecule has 3 N–H and O–H groups in total. The van der Waals surface area contributed by atoms with E-state index >= 15 is 0 Å². The van der Waals surface area contributed by atoms with Crippen molar-refractivity contribution < 1.29 is 0 Å². The highest BCUT2D eigenvalue weighted by molar-refractivity contribution is 7.18. The second kappa shape index (κ2) is 4.27. The van der Waals surface area contributed by atoms with Gasteiger partial charge in [0.1, 0.15) is 5.01 Å². The standard InChI is InChI=1S/C10H12N4S/c1-2-12-8-5-3-7(4-6-8)9-13-14-10(11)15-9/h3-6,12H,2H2,1H3,(H2,11,14). The van der Waals surface area contributed by atoms with Gasteiger partial charge in [-0.2, -0.15) is 0 Å². The lowest BCUT2D eigenvalue weighted by atomic mass is 10.2. The van der Waals surface area contributed by atoms with Crippen LogP contribution in [0.4, 0.5) is 10.8 Å². The zero-order valence-corrected chi connectivity index (χ0v) is 9.21. The van der Waals surface area contributed by atoms with E-state index in [2.05, 4.69) is 22.4 Å². The molecule has 0 bridgehead atoms. The molecule has 2 rings (SSSR count). The van der Waals surface area contributed by atoms with Crippen LogP contribution in [0.2, 0.25) is 0 Å². The summed E-state index contributed by atoms with van der Waals surface area (Å²) in [5, 5.41) is 12.4. The minimum atomic E-state index is 0.501. The fourth-order valence-electron chi connectivity index (χ4n) is 1.29. The molecule has 15 heavy (non-hydrogen) atoms. The molecule has 0 aliphatic rings. The predicted molar refractivity (Wildman–Crippen MR) is 63.9 cm³/mol. The predicted octanol–water partition coefficient (Wildman–Crippen LogP) is 2.22. The van der Waals surface area contributed by atoms with Gasteiger partial charge >= 0.3 is 0 Å². The molecule has 0 saturated heterocycles. The van der Waals surface area contributed by atoms with Gasteiger partial charge in [-0.25, -0.2) is 0 Å². The summed E-state index contributed by atoms with van der Waals surface area (Å²) >= 11 is 1.40. The number of anilines is 2. The van der Waals surface area contributed by atoms with E-state index < -0.39 is 0 Å². The van der Waals surface area contributed by atoms with E-state index in [1.807, 2.05) is 24.3 Å². The Balaban J connectivity index is 2.23. The third-order valence-corrected chi connectivity index (χ3v) is 2.75. The average Bonchev–Trinajstić information content (AvgIpc) is 2.67. The van der Waals surface area contributed by atoms with Crippen molar-refractivity contribution in [2.24, 2.45) is 0 Å². The van der Waals surface area contributed by atoms with Crippen LogP contribution in [0.15, 0.2) is 24.3 Å². The fraction of sp³-hybridized carbons (Fsp3) is 0.200. The zero-order chi connectivity index (χ0) is 10.7. The van der Waals surface area contributed by atoms with Gasteiger partial charge in [-0.05, 0) is 31.2 Å². The molecule has 1 aromatic heterocycles. The lowest BCUT2D eigenvalue weighted by Crippen LogP contribution is -1.95. The number of nitrogens with one attached hydrogen (secondary N) is 1. The van der Waals surface area contributed by atoms with Gasteiger partial charge in [0.2, 0.25) is 5.13 Å². The van der Waals surface area contributed by atoms with E-state index in [0.717, 1.165) is 22.8 Å². The average molecular weight is 220 g/mol. The van der Waals surface area contributed by atoms with Gasteiger partial charge < -0.3 is 11.1 Å². The lowest BCUT2D eigenvalue weighted by Gasteiger charge is -2.02. The molecule has 0 aliphatic heterocycles. The number of nitrogens with zero attached hydrogens (tertiary/aromatic N) is 2. The number of nitrogens with two attached hydrogens (primary N) is 1. The number of aromatic nitrogens is 2. The van der Waals surface area contributed by atoms with Crippen LogP contribution in [-0.4, -0.2) is 16.7 Å². The summed E-state index contributed by atoms with van der Waals surface area (Å²) in [6, 6.07) is 8.07. The van der Waals surface area contributed by atoms with Crippen LogP contribution in [0.3, 0.4) is 0 Å². The maximum absolute atomic E-state index is 5.53. The van der Waals surface area contributed by atoms with Gasteiger partial charge in [0.15, 0.2) is 0 Å². The van der Waals surface area contributed by atoms with Crippen molar-refractivity contribution in [3.05, 3.63) is 24.3 Å². The second-order valence-electron chi connectivity index (χ2n) is 3.05. The highest BCUT2D eigenvalue weighted by atomic mass is 32.1. The number of benzene rings is 1. The molecule has 0 saturated carbocycles. The lowest BCUT2D eigenvalue weighted by molar-refractivity contribution is 1.10. The van der Waals surface area contributed by atoms with Crippen molar-refractivity contribution in [2.75, 3.05) is 17.6 Å². The molecular formula is C10H12N4S. The Labute approximate surface area is 92.2 Å². The van der Waals surface area contributed by atoms with Crippen molar-refractivity contribution >= 4 is 22.2 Å². The monoisotopic (exact) mass is 220 g/mol. The topological polar surface area (TPSA) is 63.8 Å². The van der Waals surface area contributed by atoms with Crippen LogP contribution in [0.25, 0.3) is 10.6 Å². The first-order chi connectivity index (χ1) is 7.29. The Morgan fingerprint density at radius 2 is 2.00 bits per heavy atom. The summed E-state index contributed by atoms with van der Waals surface area (Å²) in [7, 11) is 0. The highest BCUT2D eigenvalue weighted by Gasteiger charge is 2.03. The fourth-order valence-corrected chi connectivity index (χ4v) is 1.90. The zero-order valence-electron chi connectivity index (χ0n) is 8.40. The molecule has 0 amide bonds. The maximum atomic E-state index is 5.53. The molecule has 78 valence electrons. The first-order valence-corrected chi connectivity index (χ1v) is 5.54. The molecule has 0 atom stereocenters. The van der Waals surface area contributed by atoms with Gasteiger partial charge in [-0.3, -0.25) is 0 Å². The quantitative estimate of drug-likeness (QED) is 0.832. The van der Waals surface area contributed by atoms with Gasteiger partial charge in [0.05, 0.1) is 0 Å². The molecule has 0 spiro atoms. The van der Waals surface area contributed by atoms with Gasteiger partial charge in [0.25, 0.3) is 0 Å². The van der Waals surface area contributed by atoms with E-state index in [9.17, 15) is 0 Å². The first-order valence-electron chi connectivity index (χ1n) is 4.73. The minimum Gasteiger partial charge on any atom is -0.385 e. The molecule has 2 aromatic rings. The van der Waals surface area contributed by atoms with Crippen LogP contribution in [-0.2, 0) is 0 Å². The van der Waals surface area contributed by atoms with Crippen LogP contribution in [0, 0.1) is 0 Å². The Morgan fingerprint density at radius 3 is 2.53 bits per heavy atom. The molecule has 4 nitrogen and oxygen atoms in total. The van der Waals surface area contributed by atoms with E-state index in [0.29, 0.717) is 5.13 Å². The number of hydrogen-bond acceptors (Lipinski definition) is 5. The molecule has 0 aliphatic carbocycles. The van der Waals surface area contributed by atoms with Gasteiger partial charge in [-0.15, -0.1) is 10.2 Å². The van der Waals surface area contributed by atoms with Crippen molar-refractivity contribution in [1.29, 1.82) is 0 Å². The first kappa shape index (κ1) is 9.92. The molecule has 0 unspecified atom stereocenters. The number of rotatable bonds is 3. The van der Waals surface area contributed by atoms with Crippen molar-refractivity contribution in [2.45, 2.75) is 6.92 Å². The Morgan fingerprint density at radius 1 is 1.27 bits per heavy atom. The Bertz CT molecular complexity index is 435. The molecule has 0 fully saturated rings. The highest BCUT2D eigenvalue weighted by Crippen LogP contribution is 2.25. The summed E-state index contributed by atoms with van der Waals surface area (Å²) in [6.07, 6.45) is 0. The van der Waals surface area contributed by atoms with Crippen molar-refractivity contribution in [1.82, 2.24) is 10.2 Å². The van der Waals surface area contributed by atoms with E-state index in [-0.39, 0.29) is 0 Å². The largest absolute Gasteiger partial charge is 0.385 e. The number of hydrogen-bond donors (Lipinski definition) is 2. The van der Waals surface area contributed by atoms with Crippen molar-refractivity contribution in [3.8, 4) is 10.6 Å². The molecule has 0 radical (unpaired) electrons. The van der Waals surface area contributed by atoms with E-state index in [4.69, 9.17) is 5.73 Å². The minimum absolute atomic E-state index is 0.501.